The van der Waals surface area contributed by atoms with E-state index in [0.717, 1.165) is 16.4 Å². The van der Waals surface area contributed by atoms with Crippen molar-refractivity contribution in [1.82, 2.24) is 4.31 Å². The predicted octanol–water partition coefficient (Wildman–Crippen LogP) is 2.52. The highest BCUT2D eigenvalue weighted by atomic mass is 79.9. The molecule has 2 atom stereocenters. The van der Waals surface area contributed by atoms with Gasteiger partial charge in [0.15, 0.2) is 0 Å². The van der Waals surface area contributed by atoms with Crippen LogP contribution in [0.1, 0.15) is 13.3 Å². The molecule has 1 fully saturated rings. The average Bonchev–Trinajstić information content (AvgIpc) is 2.82. The molecule has 9 heteroatoms. The minimum Gasteiger partial charge on any atom is -0.480 e. The monoisotopic (exact) mass is 397 g/mol. The van der Waals surface area contributed by atoms with E-state index in [-0.39, 0.29) is 5.75 Å². The minimum atomic E-state index is -4.21. The summed E-state index contributed by atoms with van der Waals surface area (Å²) < 4.78 is 40.6. The van der Waals surface area contributed by atoms with Crippen molar-refractivity contribution < 1.29 is 22.7 Å². The number of halogens is 2. The summed E-state index contributed by atoms with van der Waals surface area (Å²) in [6.45, 7) is 1.77. The molecule has 0 saturated carbocycles. The molecule has 0 spiro atoms. The minimum absolute atomic E-state index is 0.158. The van der Waals surface area contributed by atoms with E-state index in [1.54, 1.807) is 6.92 Å². The van der Waals surface area contributed by atoms with E-state index in [9.17, 15) is 22.7 Å². The van der Waals surface area contributed by atoms with Gasteiger partial charge in [-0.3, -0.25) is 4.79 Å². The third-order valence-corrected chi connectivity index (χ3v) is 7.15. The van der Waals surface area contributed by atoms with Crippen LogP contribution in [0.5, 0.6) is 0 Å². The Labute approximate surface area is 134 Å². The molecule has 0 amide bonds. The zero-order chi connectivity index (χ0) is 15.8. The zero-order valence-corrected chi connectivity index (χ0v) is 14.2. The molecule has 0 aliphatic carbocycles. The van der Waals surface area contributed by atoms with Gasteiger partial charge < -0.3 is 5.11 Å². The lowest BCUT2D eigenvalue weighted by atomic mass is 10.3. The van der Waals surface area contributed by atoms with Gasteiger partial charge in [-0.15, -0.1) is 11.8 Å². The van der Waals surface area contributed by atoms with Crippen LogP contribution in [0.2, 0.25) is 0 Å². The van der Waals surface area contributed by atoms with Crippen molar-refractivity contribution in [2.45, 2.75) is 29.7 Å². The van der Waals surface area contributed by atoms with Crippen molar-refractivity contribution in [2.75, 3.05) is 5.75 Å². The smallest absolute Gasteiger partial charge is 0.322 e. The summed E-state index contributed by atoms with van der Waals surface area (Å²) in [5.41, 5.74) is 0. The maximum Gasteiger partial charge on any atom is 0.322 e. The molecule has 21 heavy (non-hydrogen) atoms. The van der Waals surface area contributed by atoms with Gasteiger partial charge in [0.05, 0.1) is 5.37 Å². The zero-order valence-electron chi connectivity index (χ0n) is 11.0. The molecular formula is C12H13BrFNO4S2. The average molecular weight is 398 g/mol. The summed E-state index contributed by atoms with van der Waals surface area (Å²) in [4.78, 5) is 10.8. The summed E-state index contributed by atoms with van der Waals surface area (Å²) in [6, 6.07) is 2.43. The topological polar surface area (TPSA) is 74.7 Å². The number of rotatable bonds is 4. The number of aliphatic carboxylic acids is 1. The number of carbonyl (C=O) groups is 1. The van der Waals surface area contributed by atoms with Gasteiger partial charge in [0.25, 0.3) is 0 Å². The van der Waals surface area contributed by atoms with Crippen molar-refractivity contribution in [1.29, 1.82) is 0 Å². The van der Waals surface area contributed by atoms with Crippen molar-refractivity contribution in [3.8, 4) is 0 Å². The number of nitrogens with zero attached hydrogens (tertiary/aromatic N) is 1. The Kier molecular flexibility index (Phi) is 4.96. The normalized spacial score (nSPS) is 23.4. The molecule has 2 rings (SSSR count). The van der Waals surface area contributed by atoms with Gasteiger partial charge in [-0.1, -0.05) is 22.9 Å². The van der Waals surface area contributed by atoms with Crippen LogP contribution in [-0.4, -0.2) is 41.0 Å². The van der Waals surface area contributed by atoms with Gasteiger partial charge in [-0.2, -0.15) is 4.31 Å². The maximum atomic E-state index is 14.0. The Morgan fingerprint density at radius 2 is 2.24 bits per heavy atom. The fourth-order valence-electron chi connectivity index (χ4n) is 2.15. The highest BCUT2D eigenvalue weighted by Gasteiger charge is 2.46. The number of thioether (sulfide) groups is 1. The molecule has 0 radical (unpaired) electrons. The fourth-order valence-corrected chi connectivity index (χ4v) is 6.07. The van der Waals surface area contributed by atoms with Gasteiger partial charge in [0, 0.05) is 10.2 Å². The molecule has 5 nitrogen and oxygen atoms in total. The number of carboxylic acids is 1. The van der Waals surface area contributed by atoms with E-state index in [4.69, 9.17) is 0 Å². The Bertz CT molecular complexity index is 667. The second-order valence-electron chi connectivity index (χ2n) is 4.46. The molecular weight excluding hydrogens is 385 g/mol. The van der Waals surface area contributed by atoms with Crippen LogP contribution in [0.15, 0.2) is 27.6 Å². The second-order valence-corrected chi connectivity index (χ2v) is 8.40. The Balaban J connectivity index is 2.52. The molecule has 2 unspecified atom stereocenters. The molecule has 1 N–H and O–H groups in total. The summed E-state index contributed by atoms with van der Waals surface area (Å²) in [7, 11) is -4.21. The van der Waals surface area contributed by atoms with Crippen LogP contribution in [0.4, 0.5) is 4.39 Å². The predicted molar refractivity (Wildman–Crippen MR) is 81.1 cm³/mol. The van der Waals surface area contributed by atoms with Crippen LogP contribution in [0.25, 0.3) is 0 Å². The van der Waals surface area contributed by atoms with Crippen molar-refractivity contribution in [3.05, 3.63) is 28.5 Å². The third kappa shape index (κ3) is 3.10. The standard InChI is InChI=1S/C12H13BrFNO4S2/c1-2-11-15(9(6-20-11)12(16)17)21(18,19)10-4-3-7(13)5-8(10)14/h3-5,9,11H,2,6H2,1H3,(H,16,17). The lowest BCUT2D eigenvalue weighted by molar-refractivity contribution is -0.140. The summed E-state index contributed by atoms with van der Waals surface area (Å²) in [6.07, 6.45) is 0.450. The van der Waals surface area contributed by atoms with E-state index < -0.39 is 38.1 Å². The van der Waals surface area contributed by atoms with E-state index in [0.29, 0.717) is 10.9 Å². The van der Waals surface area contributed by atoms with Crippen LogP contribution >= 0.6 is 27.7 Å². The van der Waals surface area contributed by atoms with Gasteiger partial charge in [0.1, 0.15) is 16.8 Å². The van der Waals surface area contributed by atoms with Crippen molar-refractivity contribution in [3.63, 3.8) is 0 Å². The lowest BCUT2D eigenvalue weighted by Crippen LogP contribution is -2.45. The first-order valence-electron chi connectivity index (χ1n) is 6.12. The largest absolute Gasteiger partial charge is 0.480 e. The Hall–Kier alpha value is -0.640. The van der Waals surface area contributed by atoms with Crippen LogP contribution < -0.4 is 0 Å². The van der Waals surface area contributed by atoms with E-state index >= 15 is 0 Å². The molecule has 1 aliphatic heterocycles. The number of carboxylic acid groups (broad SMARTS) is 1. The van der Waals surface area contributed by atoms with Gasteiger partial charge in [-0.25, -0.2) is 12.8 Å². The van der Waals surface area contributed by atoms with Gasteiger partial charge >= 0.3 is 5.97 Å². The first-order chi connectivity index (χ1) is 9.78. The summed E-state index contributed by atoms with van der Waals surface area (Å²) in [5, 5.41) is 8.70. The Morgan fingerprint density at radius 3 is 2.76 bits per heavy atom. The maximum absolute atomic E-state index is 14.0. The fraction of sp³-hybridized carbons (Fsp3) is 0.417. The number of hydrogen-bond acceptors (Lipinski definition) is 4. The van der Waals surface area contributed by atoms with Crippen LogP contribution in [-0.2, 0) is 14.8 Å². The van der Waals surface area contributed by atoms with E-state index in [1.807, 2.05) is 0 Å². The van der Waals surface area contributed by atoms with Gasteiger partial charge in [-0.05, 0) is 24.6 Å². The van der Waals surface area contributed by atoms with E-state index in [2.05, 4.69) is 15.9 Å². The molecule has 1 aromatic carbocycles. The van der Waals surface area contributed by atoms with Crippen molar-refractivity contribution in [2.24, 2.45) is 0 Å². The molecule has 0 aromatic heterocycles. The molecule has 0 bridgehead atoms. The number of sulfonamides is 1. The lowest BCUT2D eigenvalue weighted by Gasteiger charge is -2.25. The summed E-state index contributed by atoms with van der Waals surface area (Å²) in [5.74, 6) is -1.97. The Morgan fingerprint density at radius 1 is 1.57 bits per heavy atom. The second kappa shape index (κ2) is 6.23. The van der Waals surface area contributed by atoms with Crippen LogP contribution in [0.3, 0.4) is 0 Å². The highest BCUT2D eigenvalue weighted by molar-refractivity contribution is 9.10. The highest BCUT2D eigenvalue weighted by Crippen LogP contribution is 2.37. The quantitative estimate of drug-likeness (QED) is 0.844. The first kappa shape index (κ1) is 16.7. The van der Waals surface area contributed by atoms with Crippen molar-refractivity contribution >= 4 is 43.7 Å². The number of hydrogen-bond donors (Lipinski definition) is 1. The first-order valence-corrected chi connectivity index (χ1v) is 9.40. The van der Waals surface area contributed by atoms with Gasteiger partial charge in [0.2, 0.25) is 10.0 Å². The number of benzene rings is 1. The molecule has 1 aliphatic rings. The molecule has 1 aromatic rings. The molecule has 1 heterocycles. The molecule has 1 saturated heterocycles. The van der Waals surface area contributed by atoms with Crippen LogP contribution in [0, 0.1) is 5.82 Å². The SMILES string of the molecule is CCC1SCC(C(=O)O)N1S(=O)(=O)c1ccc(Br)cc1F. The summed E-state index contributed by atoms with van der Waals surface area (Å²) >= 11 is 4.31. The molecule has 116 valence electrons. The third-order valence-electron chi connectivity index (χ3n) is 3.12. The van der Waals surface area contributed by atoms with E-state index in [1.165, 1.54) is 17.8 Å².